The summed E-state index contributed by atoms with van der Waals surface area (Å²) in [6.07, 6.45) is 0.906. The molecule has 90 valence electrons. The van der Waals surface area contributed by atoms with Crippen molar-refractivity contribution < 1.29 is 9.15 Å². The number of methoxy groups -OCH3 is 1. The van der Waals surface area contributed by atoms with Gasteiger partial charge in [0.15, 0.2) is 0 Å². The third-order valence-corrected chi connectivity index (χ3v) is 2.75. The Morgan fingerprint density at radius 3 is 2.71 bits per heavy atom. The predicted octanol–water partition coefficient (Wildman–Crippen LogP) is 2.80. The Bertz CT molecular complexity index is 532. The summed E-state index contributed by atoms with van der Waals surface area (Å²) in [4.78, 5) is 4.18. The largest absolute Gasteiger partial charge is 0.496 e. The number of nitrogens with zero attached hydrogens (tertiary/aromatic N) is 1. The Kier molecular flexibility index (Phi) is 3.04. The fourth-order valence-corrected chi connectivity index (χ4v) is 1.89. The molecule has 0 saturated heterocycles. The number of hydrogen-bond donors (Lipinski definition) is 1. The van der Waals surface area contributed by atoms with Gasteiger partial charge in [0.05, 0.1) is 7.11 Å². The van der Waals surface area contributed by atoms with Gasteiger partial charge in [-0.2, -0.15) is 4.98 Å². The summed E-state index contributed by atoms with van der Waals surface area (Å²) in [7, 11) is 1.67. The van der Waals surface area contributed by atoms with Gasteiger partial charge in [-0.15, -0.1) is 0 Å². The minimum absolute atomic E-state index is 0.200. The first-order valence-corrected chi connectivity index (χ1v) is 5.56. The van der Waals surface area contributed by atoms with E-state index in [0.29, 0.717) is 0 Å². The van der Waals surface area contributed by atoms with Crippen LogP contribution in [0.25, 0.3) is 11.3 Å². The lowest BCUT2D eigenvalue weighted by atomic mass is 10.0. The number of ether oxygens (including phenoxy) is 1. The summed E-state index contributed by atoms with van der Waals surface area (Å²) in [5, 5.41) is 0. The van der Waals surface area contributed by atoms with Crippen LogP contribution in [0.4, 0.5) is 6.01 Å². The average molecular weight is 232 g/mol. The first kappa shape index (κ1) is 11.5. The van der Waals surface area contributed by atoms with Crippen molar-refractivity contribution in [3.05, 3.63) is 29.5 Å². The van der Waals surface area contributed by atoms with E-state index < -0.39 is 0 Å². The second kappa shape index (κ2) is 4.49. The van der Waals surface area contributed by atoms with Crippen molar-refractivity contribution in [2.24, 2.45) is 0 Å². The quantitative estimate of drug-likeness (QED) is 0.883. The molecule has 0 amide bonds. The van der Waals surface area contributed by atoms with E-state index >= 15 is 0 Å². The molecule has 1 aromatic carbocycles. The van der Waals surface area contributed by atoms with Gasteiger partial charge in [-0.05, 0) is 37.1 Å². The number of nitrogen functional groups attached to an aromatic ring is 1. The van der Waals surface area contributed by atoms with E-state index in [1.807, 2.05) is 19.1 Å². The molecule has 0 spiro atoms. The second-order valence-electron chi connectivity index (χ2n) is 3.84. The van der Waals surface area contributed by atoms with Gasteiger partial charge in [-0.3, -0.25) is 0 Å². The fraction of sp³-hybridized carbons (Fsp3) is 0.308. The first-order valence-electron chi connectivity index (χ1n) is 5.56. The molecule has 1 aromatic heterocycles. The molecule has 2 rings (SSSR count). The van der Waals surface area contributed by atoms with Crippen LogP contribution >= 0.6 is 0 Å². The first-order chi connectivity index (χ1) is 8.15. The highest BCUT2D eigenvalue weighted by molar-refractivity contribution is 5.64. The van der Waals surface area contributed by atoms with Crippen molar-refractivity contribution in [2.75, 3.05) is 12.8 Å². The Labute approximate surface area is 100 Å². The Hall–Kier alpha value is -1.97. The molecule has 0 aliphatic heterocycles. The minimum Gasteiger partial charge on any atom is -0.496 e. The molecule has 2 N–H and O–H groups in total. The highest BCUT2D eigenvalue weighted by atomic mass is 16.5. The predicted molar refractivity (Wildman–Crippen MR) is 67.0 cm³/mol. The molecule has 4 heteroatoms. The van der Waals surface area contributed by atoms with Gasteiger partial charge in [0.25, 0.3) is 6.01 Å². The van der Waals surface area contributed by atoms with Crippen molar-refractivity contribution in [1.29, 1.82) is 0 Å². The van der Waals surface area contributed by atoms with Gasteiger partial charge < -0.3 is 14.9 Å². The number of aromatic nitrogens is 1. The van der Waals surface area contributed by atoms with E-state index in [-0.39, 0.29) is 6.01 Å². The van der Waals surface area contributed by atoms with Crippen molar-refractivity contribution in [3.8, 4) is 17.0 Å². The Morgan fingerprint density at radius 2 is 2.18 bits per heavy atom. The van der Waals surface area contributed by atoms with Crippen LogP contribution < -0.4 is 10.5 Å². The number of hydrogen-bond acceptors (Lipinski definition) is 4. The molecule has 0 fully saturated rings. The van der Waals surface area contributed by atoms with Crippen molar-refractivity contribution in [1.82, 2.24) is 4.98 Å². The lowest BCUT2D eigenvalue weighted by Crippen LogP contribution is -1.92. The minimum atomic E-state index is 0.200. The molecule has 0 aliphatic rings. The summed E-state index contributed by atoms with van der Waals surface area (Å²) >= 11 is 0. The standard InChI is InChI=1S/C13H16N2O2/c1-4-9-7-10(5-6-11(9)16-3)12-8(2)17-13(14)15-12/h5-7H,4H2,1-3H3,(H2,14,15). The zero-order valence-corrected chi connectivity index (χ0v) is 10.3. The van der Waals surface area contributed by atoms with E-state index in [1.54, 1.807) is 7.11 Å². The zero-order chi connectivity index (χ0) is 12.4. The SMILES string of the molecule is CCc1cc(-c2nc(N)oc2C)ccc1OC. The Balaban J connectivity index is 2.50. The van der Waals surface area contributed by atoms with Crippen LogP contribution in [0.3, 0.4) is 0 Å². The molecule has 1 heterocycles. The fourth-order valence-electron chi connectivity index (χ4n) is 1.89. The van der Waals surface area contributed by atoms with E-state index in [2.05, 4.69) is 18.0 Å². The third-order valence-electron chi connectivity index (χ3n) is 2.75. The molecule has 0 radical (unpaired) electrons. The van der Waals surface area contributed by atoms with Gasteiger partial charge in [0.2, 0.25) is 0 Å². The maximum absolute atomic E-state index is 5.54. The number of rotatable bonds is 3. The second-order valence-corrected chi connectivity index (χ2v) is 3.84. The highest BCUT2D eigenvalue weighted by Crippen LogP contribution is 2.29. The van der Waals surface area contributed by atoms with Crippen molar-refractivity contribution in [2.45, 2.75) is 20.3 Å². The van der Waals surface area contributed by atoms with Gasteiger partial charge in [0.1, 0.15) is 17.2 Å². The summed E-state index contributed by atoms with van der Waals surface area (Å²) < 4.78 is 10.5. The molecular weight excluding hydrogens is 216 g/mol. The van der Waals surface area contributed by atoms with Gasteiger partial charge in [-0.25, -0.2) is 0 Å². The molecule has 17 heavy (non-hydrogen) atoms. The van der Waals surface area contributed by atoms with Crippen LogP contribution in [-0.4, -0.2) is 12.1 Å². The Morgan fingerprint density at radius 1 is 1.41 bits per heavy atom. The lowest BCUT2D eigenvalue weighted by Gasteiger charge is -2.08. The van der Waals surface area contributed by atoms with Crippen LogP contribution in [0.2, 0.25) is 0 Å². The third kappa shape index (κ3) is 2.11. The molecular formula is C13H16N2O2. The van der Waals surface area contributed by atoms with E-state index in [1.165, 1.54) is 0 Å². The summed E-state index contributed by atoms with van der Waals surface area (Å²) in [5.41, 5.74) is 8.48. The number of anilines is 1. The molecule has 0 saturated carbocycles. The van der Waals surface area contributed by atoms with Crippen LogP contribution in [0.15, 0.2) is 22.6 Å². The summed E-state index contributed by atoms with van der Waals surface area (Å²) in [6.45, 7) is 3.94. The number of aryl methyl sites for hydroxylation is 2. The summed E-state index contributed by atoms with van der Waals surface area (Å²) in [5.74, 6) is 1.63. The molecule has 0 bridgehead atoms. The topological polar surface area (TPSA) is 61.3 Å². The number of benzene rings is 1. The number of nitrogens with two attached hydrogens (primary N) is 1. The van der Waals surface area contributed by atoms with E-state index in [9.17, 15) is 0 Å². The van der Waals surface area contributed by atoms with Crippen LogP contribution in [0, 0.1) is 6.92 Å². The van der Waals surface area contributed by atoms with Crippen molar-refractivity contribution >= 4 is 6.01 Å². The highest BCUT2D eigenvalue weighted by Gasteiger charge is 2.11. The lowest BCUT2D eigenvalue weighted by molar-refractivity contribution is 0.410. The number of oxazole rings is 1. The van der Waals surface area contributed by atoms with Crippen LogP contribution in [0.5, 0.6) is 5.75 Å². The van der Waals surface area contributed by atoms with Crippen molar-refractivity contribution in [3.63, 3.8) is 0 Å². The molecule has 0 unspecified atom stereocenters. The van der Waals surface area contributed by atoms with Crippen LogP contribution in [0.1, 0.15) is 18.2 Å². The smallest absolute Gasteiger partial charge is 0.292 e. The molecule has 4 nitrogen and oxygen atoms in total. The molecule has 0 atom stereocenters. The zero-order valence-electron chi connectivity index (χ0n) is 10.3. The van der Waals surface area contributed by atoms with E-state index in [0.717, 1.165) is 34.8 Å². The van der Waals surface area contributed by atoms with Gasteiger partial charge in [0, 0.05) is 5.56 Å². The normalized spacial score (nSPS) is 10.5. The van der Waals surface area contributed by atoms with E-state index in [4.69, 9.17) is 14.9 Å². The van der Waals surface area contributed by atoms with Gasteiger partial charge >= 0.3 is 0 Å². The monoisotopic (exact) mass is 232 g/mol. The summed E-state index contributed by atoms with van der Waals surface area (Å²) in [6, 6.07) is 6.16. The maximum atomic E-state index is 5.54. The maximum Gasteiger partial charge on any atom is 0.292 e. The molecule has 0 aliphatic carbocycles. The average Bonchev–Trinajstić information content (AvgIpc) is 2.67. The van der Waals surface area contributed by atoms with Crippen LogP contribution in [-0.2, 0) is 6.42 Å². The molecule has 2 aromatic rings. The van der Waals surface area contributed by atoms with Gasteiger partial charge in [-0.1, -0.05) is 6.92 Å².